The number of hydrogen-bond acceptors (Lipinski definition) is 4. The molecule has 0 unspecified atom stereocenters. The maximum absolute atomic E-state index is 12.1. The topological polar surface area (TPSA) is 61.9 Å². The first-order valence-electron chi connectivity index (χ1n) is 8.16. The molecule has 1 atom stereocenters. The van der Waals surface area contributed by atoms with Gasteiger partial charge in [0.15, 0.2) is 0 Å². The van der Waals surface area contributed by atoms with Crippen molar-refractivity contribution in [1.29, 1.82) is 0 Å². The molecular weight excluding hydrogens is 294 g/mol. The molecule has 2 aliphatic rings. The number of carbonyl (C=O) groups excluding carboxylic acids is 2. The fourth-order valence-corrected chi connectivity index (χ4v) is 3.08. The Hall–Kier alpha value is -1.92. The molecule has 1 N–H and O–H groups in total. The summed E-state index contributed by atoms with van der Waals surface area (Å²) < 4.78 is 5.47. The molecule has 1 aromatic rings. The zero-order chi connectivity index (χ0) is 16.2. The summed E-state index contributed by atoms with van der Waals surface area (Å²) in [5.41, 5.74) is 1.65. The fourth-order valence-electron chi connectivity index (χ4n) is 3.08. The third-order valence-electron chi connectivity index (χ3n) is 4.23. The van der Waals surface area contributed by atoms with Crippen LogP contribution in [0.15, 0.2) is 24.3 Å². The number of ether oxygens (including phenoxy) is 1. The maximum Gasteiger partial charge on any atom is 0.238 e. The molecule has 6 heteroatoms. The van der Waals surface area contributed by atoms with E-state index in [1.165, 1.54) is 0 Å². The molecule has 2 aliphatic heterocycles. The number of nitrogens with zero attached hydrogens (tertiary/aromatic N) is 2. The minimum atomic E-state index is -0.0240. The molecule has 2 fully saturated rings. The van der Waals surface area contributed by atoms with Gasteiger partial charge in [-0.05, 0) is 37.6 Å². The predicted molar refractivity (Wildman–Crippen MR) is 88.5 cm³/mol. The highest BCUT2D eigenvalue weighted by Crippen LogP contribution is 2.23. The summed E-state index contributed by atoms with van der Waals surface area (Å²) in [7, 11) is 0. The summed E-state index contributed by atoms with van der Waals surface area (Å²) >= 11 is 0. The van der Waals surface area contributed by atoms with E-state index >= 15 is 0 Å². The quantitative estimate of drug-likeness (QED) is 0.913. The highest BCUT2D eigenvalue weighted by Gasteiger charge is 2.22. The smallest absolute Gasteiger partial charge is 0.238 e. The van der Waals surface area contributed by atoms with Gasteiger partial charge in [-0.3, -0.25) is 14.5 Å². The molecule has 124 valence electrons. The fraction of sp³-hybridized carbons (Fsp3) is 0.529. The molecule has 0 aromatic heterocycles. The van der Waals surface area contributed by atoms with Gasteiger partial charge in [0.05, 0.1) is 19.3 Å². The van der Waals surface area contributed by atoms with Crippen molar-refractivity contribution in [3.63, 3.8) is 0 Å². The summed E-state index contributed by atoms with van der Waals surface area (Å²) in [6.07, 6.45) is 1.71. The van der Waals surface area contributed by atoms with Gasteiger partial charge in [0.2, 0.25) is 11.8 Å². The Kier molecular flexibility index (Phi) is 4.93. The standard InChI is InChI=1S/C17H23N3O3/c1-13-11-19(9-10-23-13)12-16(21)18-14-4-6-15(7-5-14)20-8-2-3-17(20)22/h4-7,13H,2-3,8-12H2,1H3,(H,18,21)/t13-/m1/s1. The highest BCUT2D eigenvalue weighted by atomic mass is 16.5. The number of nitrogens with one attached hydrogen (secondary N) is 1. The van der Waals surface area contributed by atoms with Crippen molar-refractivity contribution < 1.29 is 14.3 Å². The van der Waals surface area contributed by atoms with Crippen molar-refractivity contribution in [2.24, 2.45) is 0 Å². The van der Waals surface area contributed by atoms with E-state index in [0.717, 1.165) is 37.4 Å². The average Bonchev–Trinajstić information content (AvgIpc) is 2.94. The van der Waals surface area contributed by atoms with Gasteiger partial charge in [-0.25, -0.2) is 0 Å². The first-order chi connectivity index (χ1) is 11.1. The van der Waals surface area contributed by atoms with Gasteiger partial charge >= 0.3 is 0 Å². The summed E-state index contributed by atoms with van der Waals surface area (Å²) in [6.45, 7) is 5.41. The predicted octanol–water partition coefficient (Wildman–Crippen LogP) is 1.47. The van der Waals surface area contributed by atoms with Crippen LogP contribution < -0.4 is 10.2 Å². The van der Waals surface area contributed by atoms with Gasteiger partial charge in [0.25, 0.3) is 0 Å². The minimum Gasteiger partial charge on any atom is -0.376 e. The molecular formula is C17H23N3O3. The molecule has 0 bridgehead atoms. The lowest BCUT2D eigenvalue weighted by atomic mass is 10.2. The zero-order valence-corrected chi connectivity index (χ0v) is 13.5. The lowest BCUT2D eigenvalue weighted by Gasteiger charge is -2.30. The van der Waals surface area contributed by atoms with Crippen LogP contribution in [0.5, 0.6) is 0 Å². The third-order valence-corrected chi connectivity index (χ3v) is 4.23. The normalized spacial score (nSPS) is 22.4. The zero-order valence-electron chi connectivity index (χ0n) is 13.5. The van der Waals surface area contributed by atoms with E-state index in [4.69, 9.17) is 4.74 Å². The Labute approximate surface area is 136 Å². The Balaban J connectivity index is 1.53. The molecule has 2 heterocycles. The van der Waals surface area contributed by atoms with Crippen molar-refractivity contribution in [2.45, 2.75) is 25.9 Å². The van der Waals surface area contributed by atoms with E-state index in [1.54, 1.807) is 4.90 Å². The van der Waals surface area contributed by atoms with Crippen LogP contribution >= 0.6 is 0 Å². The number of rotatable bonds is 4. The summed E-state index contributed by atoms with van der Waals surface area (Å²) in [4.78, 5) is 27.7. The van der Waals surface area contributed by atoms with Crippen LogP contribution in [-0.2, 0) is 14.3 Å². The van der Waals surface area contributed by atoms with Crippen molar-refractivity contribution in [3.8, 4) is 0 Å². The minimum absolute atomic E-state index is 0.0240. The first-order valence-corrected chi connectivity index (χ1v) is 8.16. The molecule has 0 aliphatic carbocycles. The van der Waals surface area contributed by atoms with Gasteiger partial charge < -0.3 is 15.0 Å². The number of anilines is 2. The molecule has 3 rings (SSSR count). The van der Waals surface area contributed by atoms with E-state index in [2.05, 4.69) is 10.2 Å². The number of benzene rings is 1. The summed E-state index contributed by atoms with van der Waals surface area (Å²) in [5, 5.41) is 2.91. The van der Waals surface area contributed by atoms with Crippen LogP contribution in [0.4, 0.5) is 11.4 Å². The van der Waals surface area contributed by atoms with Crippen molar-refractivity contribution in [3.05, 3.63) is 24.3 Å². The van der Waals surface area contributed by atoms with Crippen LogP contribution in [0, 0.1) is 0 Å². The van der Waals surface area contributed by atoms with Gasteiger partial charge in [0.1, 0.15) is 0 Å². The van der Waals surface area contributed by atoms with Gasteiger partial charge in [0, 0.05) is 37.4 Å². The molecule has 2 amide bonds. The van der Waals surface area contributed by atoms with Crippen LogP contribution in [0.2, 0.25) is 0 Å². The van der Waals surface area contributed by atoms with E-state index in [0.29, 0.717) is 19.6 Å². The van der Waals surface area contributed by atoms with E-state index in [9.17, 15) is 9.59 Å². The highest BCUT2D eigenvalue weighted by molar-refractivity contribution is 5.96. The second-order valence-corrected chi connectivity index (χ2v) is 6.16. The second kappa shape index (κ2) is 7.10. The van der Waals surface area contributed by atoms with Gasteiger partial charge in [-0.1, -0.05) is 0 Å². The molecule has 0 radical (unpaired) electrons. The Bertz CT molecular complexity index is 573. The lowest BCUT2D eigenvalue weighted by molar-refractivity contribution is -0.119. The van der Waals surface area contributed by atoms with Crippen molar-refractivity contribution in [2.75, 3.05) is 43.0 Å². The number of morpholine rings is 1. The molecule has 0 spiro atoms. The number of amides is 2. The number of carbonyl (C=O) groups is 2. The Morgan fingerprint density at radius 2 is 2.09 bits per heavy atom. The van der Waals surface area contributed by atoms with E-state index < -0.39 is 0 Å². The van der Waals surface area contributed by atoms with Crippen LogP contribution in [0.25, 0.3) is 0 Å². The van der Waals surface area contributed by atoms with Crippen molar-refractivity contribution >= 4 is 23.2 Å². The Morgan fingerprint density at radius 1 is 1.30 bits per heavy atom. The third kappa shape index (κ3) is 4.09. The van der Waals surface area contributed by atoms with Gasteiger partial charge in [-0.15, -0.1) is 0 Å². The molecule has 23 heavy (non-hydrogen) atoms. The largest absolute Gasteiger partial charge is 0.376 e. The number of hydrogen-bond donors (Lipinski definition) is 1. The maximum atomic E-state index is 12.1. The molecule has 0 saturated carbocycles. The molecule has 1 aromatic carbocycles. The van der Waals surface area contributed by atoms with Crippen molar-refractivity contribution in [1.82, 2.24) is 4.90 Å². The lowest BCUT2D eigenvalue weighted by Crippen LogP contribution is -2.44. The SMILES string of the molecule is C[C@@H]1CN(CC(=O)Nc2ccc(N3CCCC3=O)cc2)CCO1. The average molecular weight is 317 g/mol. The monoisotopic (exact) mass is 317 g/mol. The van der Waals surface area contributed by atoms with Gasteiger partial charge in [-0.2, -0.15) is 0 Å². The van der Waals surface area contributed by atoms with E-state index in [-0.39, 0.29) is 17.9 Å². The van der Waals surface area contributed by atoms with E-state index in [1.807, 2.05) is 31.2 Å². The second-order valence-electron chi connectivity index (χ2n) is 6.16. The first kappa shape index (κ1) is 16.0. The van der Waals surface area contributed by atoms with Crippen LogP contribution in [0.3, 0.4) is 0 Å². The van der Waals surface area contributed by atoms with Crippen LogP contribution in [-0.4, -0.2) is 55.6 Å². The Morgan fingerprint density at radius 3 is 2.74 bits per heavy atom. The summed E-state index contributed by atoms with van der Waals surface area (Å²) in [5.74, 6) is 0.146. The molecule has 2 saturated heterocycles. The van der Waals surface area contributed by atoms with Crippen LogP contribution in [0.1, 0.15) is 19.8 Å². The summed E-state index contributed by atoms with van der Waals surface area (Å²) in [6, 6.07) is 7.47. The molecule has 6 nitrogen and oxygen atoms in total.